The van der Waals surface area contributed by atoms with Gasteiger partial charge >= 0.3 is 0 Å². The van der Waals surface area contributed by atoms with E-state index in [1.165, 1.54) is 28.4 Å². The Morgan fingerprint density at radius 1 is 1.18 bits per heavy atom. The van der Waals surface area contributed by atoms with Crippen LogP contribution in [0.2, 0.25) is 0 Å². The molecule has 5 rings (SSSR count). The molecule has 1 unspecified atom stereocenters. The number of hydrogen-bond donors (Lipinski definition) is 0. The summed E-state index contributed by atoms with van der Waals surface area (Å²) in [7, 11) is 0. The number of halogens is 1. The van der Waals surface area contributed by atoms with Gasteiger partial charge in [0.1, 0.15) is 17.1 Å². The van der Waals surface area contributed by atoms with Gasteiger partial charge in [0.05, 0.1) is 23.6 Å². The number of unbranched alkanes of at least 4 members (excludes halogenated alkanes) is 2. The molecule has 0 radical (unpaired) electrons. The van der Waals surface area contributed by atoms with E-state index in [1.807, 2.05) is 24.3 Å². The summed E-state index contributed by atoms with van der Waals surface area (Å²) in [5.41, 5.74) is 0.600. The normalized spacial score (nSPS) is 15.3. The summed E-state index contributed by atoms with van der Waals surface area (Å²) in [5, 5.41) is 2.30. The minimum Gasteiger partial charge on any atom is -0.494 e. The van der Waals surface area contributed by atoms with E-state index < -0.39 is 23.2 Å². The summed E-state index contributed by atoms with van der Waals surface area (Å²) < 4.78 is 25.6. The molecule has 8 heteroatoms. The average molecular weight is 465 g/mol. The zero-order chi connectivity index (χ0) is 22.9. The monoisotopic (exact) mass is 464 g/mol. The number of anilines is 1. The maximum Gasteiger partial charge on any atom is 0.297 e. The second kappa shape index (κ2) is 8.78. The number of carbonyl (C=O) groups excluding carboxylic acids is 1. The fraction of sp³-hybridized carbons (Fsp3) is 0.240. The van der Waals surface area contributed by atoms with Crippen LogP contribution in [0, 0.1) is 5.82 Å². The second-order valence-electron chi connectivity index (χ2n) is 7.83. The van der Waals surface area contributed by atoms with Crippen LogP contribution in [0.15, 0.2) is 63.3 Å². The maximum atomic E-state index is 13.9. The van der Waals surface area contributed by atoms with Crippen LogP contribution in [-0.4, -0.2) is 17.5 Å². The van der Waals surface area contributed by atoms with Crippen LogP contribution in [0.4, 0.5) is 9.52 Å². The van der Waals surface area contributed by atoms with Crippen molar-refractivity contribution < 1.29 is 18.3 Å². The lowest BCUT2D eigenvalue weighted by molar-refractivity contribution is 0.0971. The minimum atomic E-state index is -0.762. The molecule has 0 spiro atoms. The van der Waals surface area contributed by atoms with Gasteiger partial charge in [0.2, 0.25) is 5.76 Å². The van der Waals surface area contributed by atoms with Crippen LogP contribution in [0.25, 0.3) is 11.0 Å². The quantitative estimate of drug-likeness (QED) is 0.328. The Labute approximate surface area is 193 Å². The van der Waals surface area contributed by atoms with Crippen molar-refractivity contribution in [1.29, 1.82) is 0 Å². The van der Waals surface area contributed by atoms with Gasteiger partial charge < -0.3 is 9.15 Å². The zero-order valence-corrected chi connectivity index (χ0v) is 18.7. The van der Waals surface area contributed by atoms with Crippen molar-refractivity contribution in [3.63, 3.8) is 0 Å². The van der Waals surface area contributed by atoms with Crippen molar-refractivity contribution in [3.8, 4) is 5.75 Å². The highest BCUT2D eigenvalue weighted by Gasteiger charge is 2.44. The van der Waals surface area contributed by atoms with E-state index >= 15 is 0 Å². The van der Waals surface area contributed by atoms with Crippen molar-refractivity contribution in [2.24, 2.45) is 0 Å². The highest BCUT2D eigenvalue weighted by Crippen LogP contribution is 2.42. The first-order chi connectivity index (χ1) is 16.1. The van der Waals surface area contributed by atoms with Gasteiger partial charge in [0.25, 0.3) is 5.91 Å². The van der Waals surface area contributed by atoms with Crippen LogP contribution in [0.5, 0.6) is 5.75 Å². The summed E-state index contributed by atoms with van der Waals surface area (Å²) in [5.74, 6) is -0.397. The van der Waals surface area contributed by atoms with E-state index in [-0.39, 0.29) is 22.3 Å². The molecule has 1 aliphatic heterocycles. The fourth-order valence-corrected chi connectivity index (χ4v) is 4.78. The summed E-state index contributed by atoms with van der Waals surface area (Å²) in [6.07, 6.45) is 4.71. The van der Waals surface area contributed by atoms with Crippen LogP contribution in [-0.2, 0) is 0 Å². The smallest absolute Gasteiger partial charge is 0.297 e. The summed E-state index contributed by atoms with van der Waals surface area (Å²) in [6.45, 7) is 2.71. The fourth-order valence-electron chi connectivity index (χ4n) is 4.11. The molecule has 4 aromatic rings. The molecule has 0 N–H and O–H groups in total. The highest BCUT2D eigenvalue weighted by atomic mass is 32.1. The van der Waals surface area contributed by atoms with Gasteiger partial charge in [-0.05, 0) is 42.3 Å². The number of amides is 1. The standard InChI is InChI=1S/C25H21FN2O4S/c1-2-3-4-11-31-17-7-5-6-15(13-17)21-20-22(29)18-14-16(26)8-9-19(18)32-23(20)24(30)28(21)25-27-10-12-33-25/h5-10,12-14,21H,2-4,11H2,1H3. The van der Waals surface area contributed by atoms with Crippen molar-refractivity contribution in [3.05, 3.63) is 87.0 Å². The van der Waals surface area contributed by atoms with Gasteiger partial charge in [0, 0.05) is 11.6 Å². The Morgan fingerprint density at radius 2 is 2.06 bits per heavy atom. The number of rotatable bonds is 7. The van der Waals surface area contributed by atoms with Crippen LogP contribution >= 0.6 is 11.3 Å². The van der Waals surface area contributed by atoms with Crippen molar-refractivity contribution in [2.45, 2.75) is 32.2 Å². The molecular weight excluding hydrogens is 443 g/mol. The molecule has 0 fully saturated rings. The van der Waals surface area contributed by atoms with Gasteiger partial charge in [-0.1, -0.05) is 31.9 Å². The lowest BCUT2D eigenvalue weighted by Crippen LogP contribution is -2.29. The number of hydrogen-bond acceptors (Lipinski definition) is 6. The average Bonchev–Trinajstić information content (AvgIpc) is 3.44. The number of ether oxygens (including phenoxy) is 1. The molecule has 1 atom stereocenters. The van der Waals surface area contributed by atoms with E-state index in [1.54, 1.807) is 11.6 Å². The Bertz CT molecular complexity index is 1380. The molecule has 0 saturated carbocycles. The molecule has 168 valence electrons. The topological polar surface area (TPSA) is 72.6 Å². The molecule has 2 aromatic heterocycles. The largest absolute Gasteiger partial charge is 0.494 e. The number of carbonyl (C=O) groups is 1. The van der Waals surface area contributed by atoms with Crippen molar-refractivity contribution in [2.75, 3.05) is 11.5 Å². The van der Waals surface area contributed by atoms with E-state index in [0.29, 0.717) is 23.1 Å². The predicted molar refractivity (Wildman–Crippen MR) is 125 cm³/mol. The third-order valence-corrected chi connectivity index (χ3v) is 6.42. The molecule has 1 amide bonds. The van der Waals surface area contributed by atoms with Crippen LogP contribution in [0.1, 0.15) is 53.9 Å². The third-order valence-electron chi connectivity index (χ3n) is 5.65. The number of aromatic nitrogens is 1. The van der Waals surface area contributed by atoms with Crippen molar-refractivity contribution in [1.82, 2.24) is 4.98 Å². The lowest BCUT2D eigenvalue weighted by atomic mass is 9.98. The Hall–Kier alpha value is -3.52. The van der Waals surface area contributed by atoms with E-state index in [0.717, 1.165) is 25.3 Å². The molecule has 0 aliphatic carbocycles. The second-order valence-corrected chi connectivity index (χ2v) is 8.71. The van der Waals surface area contributed by atoms with Crippen LogP contribution < -0.4 is 15.1 Å². The Morgan fingerprint density at radius 3 is 2.85 bits per heavy atom. The molecule has 33 heavy (non-hydrogen) atoms. The Kier molecular flexibility index (Phi) is 5.68. The van der Waals surface area contributed by atoms with E-state index in [9.17, 15) is 14.0 Å². The van der Waals surface area contributed by atoms with Gasteiger partial charge in [0.15, 0.2) is 10.6 Å². The molecule has 0 saturated heterocycles. The SMILES string of the molecule is CCCCCOc1cccc(C2c3c(oc4ccc(F)cc4c3=O)C(=O)N2c2nccs2)c1. The first kappa shape index (κ1) is 21.3. The van der Waals surface area contributed by atoms with Gasteiger partial charge in [-0.3, -0.25) is 14.5 Å². The Balaban J connectivity index is 1.65. The number of benzene rings is 2. The van der Waals surface area contributed by atoms with Gasteiger partial charge in [-0.2, -0.15) is 0 Å². The van der Waals surface area contributed by atoms with Gasteiger partial charge in [-0.15, -0.1) is 11.3 Å². The predicted octanol–water partition coefficient (Wildman–Crippen LogP) is 5.71. The number of nitrogens with zero attached hydrogens (tertiary/aromatic N) is 2. The first-order valence-electron chi connectivity index (χ1n) is 10.8. The molecule has 0 bridgehead atoms. The molecular formula is C25H21FN2O4S. The van der Waals surface area contributed by atoms with Gasteiger partial charge in [-0.25, -0.2) is 9.37 Å². The summed E-state index contributed by atoms with van der Waals surface area (Å²) >= 11 is 1.29. The molecule has 2 aromatic carbocycles. The lowest BCUT2D eigenvalue weighted by Gasteiger charge is -2.23. The molecule has 6 nitrogen and oxygen atoms in total. The van der Waals surface area contributed by atoms with Crippen molar-refractivity contribution >= 4 is 33.3 Å². The van der Waals surface area contributed by atoms with E-state index in [2.05, 4.69) is 11.9 Å². The third kappa shape index (κ3) is 3.80. The number of fused-ring (bicyclic) bond motifs is 2. The first-order valence-corrected chi connectivity index (χ1v) is 11.7. The summed E-state index contributed by atoms with van der Waals surface area (Å²) in [4.78, 5) is 32.7. The van der Waals surface area contributed by atoms with Crippen LogP contribution in [0.3, 0.4) is 0 Å². The van der Waals surface area contributed by atoms with E-state index in [4.69, 9.17) is 9.15 Å². The number of thiazole rings is 1. The molecule has 1 aliphatic rings. The zero-order valence-electron chi connectivity index (χ0n) is 17.9. The maximum absolute atomic E-state index is 13.9. The minimum absolute atomic E-state index is 0.0476. The highest BCUT2D eigenvalue weighted by molar-refractivity contribution is 7.13. The molecule has 3 heterocycles. The summed E-state index contributed by atoms with van der Waals surface area (Å²) in [6, 6.07) is 10.3.